The molecule has 57 heavy (non-hydrogen) atoms. The van der Waals surface area contributed by atoms with Crippen molar-refractivity contribution in [3.05, 3.63) is 207 Å². The van der Waals surface area contributed by atoms with E-state index in [2.05, 4.69) is 176 Å². The molecule has 6 aromatic carbocycles. The molecule has 0 N–H and O–H groups in total. The van der Waals surface area contributed by atoms with Crippen LogP contribution in [0.4, 0.5) is 0 Å². The number of nitrogens with zero attached hydrogens (tertiary/aromatic N) is 4. The molecule has 0 atom stereocenters. The average Bonchev–Trinajstić information content (AvgIpc) is 3.61. The number of aromatic nitrogens is 4. The van der Waals surface area contributed by atoms with Crippen LogP contribution in [0.15, 0.2) is 195 Å². The lowest BCUT2D eigenvalue weighted by Gasteiger charge is -2.16. The van der Waals surface area contributed by atoms with Gasteiger partial charge in [0.15, 0.2) is 17.5 Å². The number of para-hydroxylation sites is 1. The molecule has 2 heterocycles. The molecule has 4 nitrogen and oxygen atoms in total. The van der Waals surface area contributed by atoms with E-state index in [1.807, 2.05) is 31.2 Å². The van der Waals surface area contributed by atoms with E-state index in [1.54, 1.807) is 6.08 Å². The zero-order chi connectivity index (χ0) is 39.1. The van der Waals surface area contributed by atoms with Crippen LogP contribution < -0.4 is 0 Å². The van der Waals surface area contributed by atoms with Gasteiger partial charge in [-0.2, -0.15) is 0 Å². The van der Waals surface area contributed by atoms with E-state index in [0.29, 0.717) is 17.5 Å². The summed E-state index contributed by atoms with van der Waals surface area (Å²) in [6.07, 6.45) is 13.5. The lowest BCUT2D eigenvalue weighted by molar-refractivity contribution is 0.953. The maximum atomic E-state index is 5.00. The van der Waals surface area contributed by atoms with Gasteiger partial charge in [0.2, 0.25) is 0 Å². The summed E-state index contributed by atoms with van der Waals surface area (Å²) in [4.78, 5) is 14.9. The molecule has 276 valence electrons. The first kappa shape index (κ1) is 36.8. The van der Waals surface area contributed by atoms with Gasteiger partial charge in [-0.1, -0.05) is 166 Å². The minimum Gasteiger partial charge on any atom is -0.309 e. The first-order valence-corrected chi connectivity index (χ1v) is 19.5. The van der Waals surface area contributed by atoms with Gasteiger partial charge in [0.05, 0.1) is 11.0 Å². The van der Waals surface area contributed by atoms with Crippen LogP contribution in [0.2, 0.25) is 0 Å². The number of unbranched alkanes of at least 4 members (excludes halogenated alkanes) is 1. The van der Waals surface area contributed by atoms with E-state index in [0.717, 1.165) is 51.8 Å². The molecule has 0 aliphatic heterocycles. The Bertz CT molecular complexity index is 2820. The predicted octanol–water partition coefficient (Wildman–Crippen LogP) is 14.2. The molecule has 0 saturated heterocycles. The number of rotatable bonds is 12. The summed E-state index contributed by atoms with van der Waals surface area (Å²) in [5.74, 6) is 1.81. The lowest BCUT2D eigenvalue weighted by atomic mass is 9.91. The van der Waals surface area contributed by atoms with E-state index in [-0.39, 0.29) is 0 Å². The van der Waals surface area contributed by atoms with Crippen molar-refractivity contribution in [3.63, 3.8) is 0 Å². The molecule has 0 bridgehead atoms. The van der Waals surface area contributed by atoms with Crippen LogP contribution in [0.3, 0.4) is 0 Å². The number of fused-ring (bicyclic) bond motifs is 3. The molecule has 0 aliphatic carbocycles. The van der Waals surface area contributed by atoms with Crippen LogP contribution in [0.25, 0.3) is 83.4 Å². The van der Waals surface area contributed by atoms with E-state index >= 15 is 0 Å². The normalized spacial score (nSPS) is 12.1. The number of hydrogen-bond donors (Lipinski definition) is 0. The third-order valence-electron chi connectivity index (χ3n) is 10.3. The van der Waals surface area contributed by atoms with Crippen LogP contribution in [0.1, 0.15) is 38.3 Å². The van der Waals surface area contributed by atoms with Gasteiger partial charge in [-0.25, -0.2) is 15.0 Å². The van der Waals surface area contributed by atoms with Crippen molar-refractivity contribution < 1.29 is 0 Å². The van der Waals surface area contributed by atoms with Crippen molar-refractivity contribution in [3.8, 4) is 50.5 Å². The van der Waals surface area contributed by atoms with Crippen LogP contribution in [0.5, 0.6) is 0 Å². The summed E-state index contributed by atoms with van der Waals surface area (Å²) >= 11 is 0. The third-order valence-corrected chi connectivity index (χ3v) is 10.3. The highest BCUT2D eigenvalue weighted by Gasteiger charge is 2.20. The van der Waals surface area contributed by atoms with Gasteiger partial charge < -0.3 is 4.57 Å². The molecule has 0 saturated carbocycles. The Morgan fingerprint density at radius 1 is 0.596 bits per heavy atom. The minimum absolute atomic E-state index is 0.600. The van der Waals surface area contributed by atoms with E-state index < -0.39 is 0 Å². The van der Waals surface area contributed by atoms with Gasteiger partial charge in [0.1, 0.15) is 0 Å². The predicted molar refractivity (Wildman–Crippen MR) is 242 cm³/mol. The summed E-state index contributed by atoms with van der Waals surface area (Å²) in [7, 11) is 0. The molecule has 2 aromatic heterocycles. The van der Waals surface area contributed by atoms with Crippen molar-refractivity contribution in [1.29, 1.82) is 0 Å². The fourth-order valence-electron chi connectivity index (χ4n) is 7.52. The van der Waals surface area contributed by atoms with Crippen molar-refractivity contribution in [2.45, 2.75) is 26.7 Å². The Morgan fingerprint density at radius 2 is 1.21 bits per heavy atom. The third kappa shape index (κ3) is 7.33. The molecule has 0 radical (unpaired) electrons. The first-order chi connectivity index (χ1) is 28.1. The number of hydrogen-bond acceptors (Lipinski definition) is 3. The minimum atomic E-state index is 0.600. The van der Waals surface area contributed by atoms with E-state index in [4.69, 9.17) is 15.0 Å². The zero-order valence-corrected chi connectivity index (χ0v) is 32.4. The maximum Gasteiger partial charge on any atom is 0.164 e. The highest BCUT2D eigenvalue weighted by molar-refractivity contribution is 6.15. The largest absolute Gasteiger partial charge is 0.309 e. The molecule has 0 unspecified atom stereocenters. The Kier molecular flexibility index (Phi) is 10.8. The van der Waals surface area contributed by atoms with Crippen molar-refractivity contribution in [2.75, 3.05) is 0 Å². The second-order valence-electron chi connectivity index (χ2n) is 13.9. The Labute approximate surface area is 335 Å². The van der Waals surface area contributed by atoms with Crippen LogP contribution in [-0.2, 0) is 0 Å². The Balaban J connectivity index is 1.32. The van der Waals surface area contributed by atoms with Gasteiger partial charge in [-0.05, 0) is 83.6 Å². The molecule has 0 spiro atoms. The monoisotopic (exact) mass is 736 g/mol. The Morgan fingerprint density at radius 3 is 1.86 bits per heavy atom. The summed E-state index contributed by atoms with van der Waals surface area (Å²) < 4.78 is 2.40. The summed E-state index contributed by atoms with van der Waals surface area (Å²) in [5.41, 5.74) is 13.1. The van der Waals surface area contributed by atoms with Gasteiger partial charge in [0.25, 0.3) is 0 Å². The maximum absolute atomic E-state index is 5.00. The second kappa shape index (κ2) is 16.7. The van der Waals surface area contributed by atoms with Crippen LogP contribution in [0, 0.1) is 0 Å². The van der Waals surface area contributed by atoms with Crippen molar-refractivity contribution in [1.82, 2.24) is 19.5 Å². The second-order valence-corrected chi connectivity index (χ2v) is 13.9. The first-order valence-electron chi connectivity index (χ1n) is 19.5. The molecular weight excluding hydrogens is 693 g/mol. The van der Waals surface area contributed by atoms with Crippen LogP contribution in [-0.4, -0.2) is 19.5 Å². The van der Waals surface area contributed by atoms with Crippen molar-refractivity contribution in [2.24, 2.45) is 0 Å². The van der Waals surface area contributed by atoms with E-state index in [9.17, 15) is 0 Å². The van der Waals surface area contributed by atoms with Gasteiger partial charge in [0, 0.05) is 38.7 Å². The molecule has 0 amide bonds. The smallest absolute Gasteiger partial charge is 0.164 e. The molecule has 4 heteroatoms. The topological polar surface area (TPSA) is 43.6 Å². The number of benzene rings is 6. The standard InChI is InChI=1S/C53H44N4/c1-5-9-21-37(7-3)51-54-52(38(8-4)22-10-6-2)56-53(55-51)41-31-33-43(34-32-41)57-49-30-20-19-29-46(49)48-36-42(35-47(50(48)57)40-25-15-12-16-26-40)45-28-18-17-27-44(45)39-23-13-11-14-24-39/h5,7-9,11-36H,1,4,6,10H2,2-3H3/b21-9-,37-7+,38-22+. The summed E-state index contributed by atoms with van der Waals surface area (Å²) in [6.45, 7) is 12.1. The van der Waals surface area contributed by atoms with Gasteiger partial charge in [-0.15, -0.1) is 0 Å². The molecular formula is C53H44N4. The fourth-order valence-corrected chi connectivity index (χ4v) is 7.52. The Hall–Kier alpha value is -7.17. The highest BCUT2D eigenvalue weighted by atomic mass is 15.0. The molecule has 0 fully saturated rings. The quantitative estimate of drug-likeness (QED) is 0.117. The molecule has 8 aromatic rings. The van der Waals surface area contributed by atoms with E-state index in [1.165, 1.54) is 38.6 Å². The SMILES string of the molecule is C=C/C=C\C(=C/C)c1nc(/C(C=C)=C/CCC)nc(-c2ccc(-n3c4ccccc4c4cc(-c5ccccc5-c5ccccc5)cc(-c5ccccc5)c43)cc2)n1. The average molecular weight is 737 g/mol. The zero-order valence-electron chi connectivity index (χ0n) is 32.4. The fraction of sp³-hybridized carbons (Fsp3) is 0.0755. The number of allylic oxidation sites excluding steroid dienone is 8. The van der Waals surface area contributed by atoms with Crippen molar-refractivity contribution >= 4 is 33.0 Å². The van der Waals surface area contributed by atoms with Gasteiger partial charge >= 0.3 is 0 Å². The van der Waals surface area contributed by atoms with Crippen LogP contribution >= 0.6 is 0 Å². The molecule has 8 rings (SSSR count). The van der Waals surface area contributed by atoms with Gasteiger partial charge in [-0.3, -0.25) is 0 Å². The molecule has 0 aliphatic rings. The summed E-state index contributed by atoms with van der Waals surface area (Å²) in [6, 6.07) is 52.1. The highest BCUT2D eigenvalue weighted by Crippen LogP contribution is 2.43. The summed E-state index contributed by atoms with van der Waals surface area (Å²) in [5, 5.41) is 2.39. The lowest BCUT2D eigenvalue weighted by Crippen LogP contribution is -2.04.